The van der Waals surface area contributed by atoms with Gasteiger partial charge < -0.3 is 15.2 Å². The Bertz CT molecular complexity index is 436. The summed E-state index contributed by atoms with van der Waals surface area (Å²) in [6.45, 7) is 0.479. The van der Waals surface area contributed by atoms with Crippen molar-refractivity contribution in [3.05, 3.63) is 23.8 Å². The van der Waals surface area contributed by atoms with Crippen molar-refractivity contribution in [1.29, 1.82) is 5.26 Å². The van der Waals surface area contributed by atoms with E-state index in [9.17, 15) is 5.11 Å². The number of methoxy groups -OCH3 is 1. The molecule has 0 aromatic heterocycles. The van der Waals surface area contributed by atoms with Crippen molar-refractivity contribution in [2.75, 3.05) is 19.0 Å². The summed E-state index contributed by atoms with van der Waals surface area (Å²) in [5.41, 5.74) is 1.28. The van der Waals surface area contributed by atoms with Crippen molar-refractivity contribution in [3.8, 4) is 11.8 Å². The fourth-order valence-electron chi connectivity index (χ4n) is 1.76. The largest absolute Gasteiger partial charge is 0.497 e. The fourth-order valence-corrected chi connectivity index (χ4v) is 1.76. The zero-order valence-electron chi connectivity index (χ0n) is 9.81. The molecule has 0 amide bonds. The van der Waals surface area contributed by atoms with Crippen LogP contribution in [0.25, 0.3) is 0 Å². The van der Waals surface area contributed by atoms with E-state index in [0.29, 0.717) is 29.5 Å². The summed E-state index contributed by atoms with van der Waals surface area (Å²) in [6.07, 6.45) is 1.88. The number of benzene rings is 1. The molecular formula is C13H16N2O2. The van der Waals surface area contributed by atoms with Crippen LogP contribution in [0.4, 0.5) is 5.69 Å². The van der Waals surface area contributed by atoms with Crippen LogP contribution >= 0.6 is 0 Å². The van der Waals surface area contributed by atoms with E-state index in [1.165, 1.54) is 0 Å². The van der Waals surface area contributed by atoms with Crippen molar-refractivity contribution in [3.63, 3.8) is 0 Å². The Hall–Kier alpha value is -1.73. The Labute approximate surface area is 101 Å². The second-order valence-corrected chi connectivity index (χ2v) is 4.31. The highest BCUT2D eigenvalue weighted by atomic mass is 16.5. The third kappa shape index (κ3) is 2.89. The second-order valence-electron chi connectivity index (χ2n) is 4.31. The van der Waals surface area contributed by atoms with E-state index in [-0.39, 0.29) is 6.10 Å². The standard InChI is InChI=1S/C13H16N2O2/c1-17-11-5-4-10(7-14)12(6-11)15-8-13(16)9-2-3-9/h4-6,9,13,15-16H,2-3,8H2,1H3. The number of hydrogen-bond acceptors (Lipinski definition) is 4. The normalized spacial score (nSPS) is 16.1. The van der Waals surface area contributed by atoms with Gasteiger partial charge in [-0.3, -0.25) is 0 Å². The smallest absolute Gasteiger partial charge is 0.121 e. The van der Waals surface area contributed by atoms with Gasteiger partial charge in [-0.05, 0) is 30.9 Å². The number of nitrogens with one attached hydrogen (secondary N) is 1. The summed E-state index contributed by atoms with van der Waals surface area (Å²) in [4.78, 5) is 0. The number of rotatable bonds is 5. The van der Waals surface area contributed by atoms with Gasteiger partial charge in [0.15, 0.2) is 0 Å². The highest BCUT2D eigenvalue weighted by molar-refractivity contribution is 5.60. The number of nitriles is 1. The van der Waals surface area contributed by atoms with Gasteiger partial charge in [0.1, 0.15) is 11.8 Å². The molecule has 1 atom stereocenters. The maximum atomic E-state index is 9.76. The lowest BCUT2D eigenvalue weighted by atomic mass is 10.1. The number of ether oxygens (including phenoxy) is 1. The van der Waals surface area contributed by atoms with E-state index in [1.54, 1.807) is 25.3 Å². The first kappa shape index (κ1) is 11.7. The van der Waals surface area contributed by atoms with Crippen LogP contribution in [0, 0.1) is 17.2 Å². The molecule has 17 heavy (non-hydrogen) atoms. The maximum Gasteiger partial charge on any atom is 0.121 e. The van der Waals surface area contributed by atoms with Gasteiger partial charge in [0.2, 0.25) is 0 Å². The number of nitrogens with zero attached hydrogens (tertiary/aromatic N) is 1. The minimum absolute atomic E-state index is 0.326. The second kappa shape index (κ2) is 5.07. The van der Waals surface area contributed by atoms with Gasteiger partial charge in [-0.25, -0.2) is 0 Å². The summed E-state index contributed by atoms with van der Waals surface area (Å²) in [6, 6.07) is 7.36. The zero-order valence-corrected chi connectivity index (χ0v) is 9.81. The van der Waals surface area contributed by atoms with Crippen LogP contribution in [0.2, 0.25) is 0 Å². The molecule has 0 spiro atoms. The van der Waals surface area contributed by atoms with Crippen LogP contribution < -0.4 is 10.1 Å². The molecule has 0 bridgehead atoms. The van der Waals surface area contributed by atoms with Gasteiger partial charge in [0, 0.05) is 12.6 Å². The maximum absolute atomic E-state index is 9.76. The fraction of sp³-hybridized carbons (Fsp3) is 0.462. The topological polar surface area (TPSA) is 65.3 Å². The van der Waals surface area contributed by atoms with Crippen molar-refractivity contribution in [2.45, 2.75) is 18.9 Å². The van der Waals surface area contributed by atoms with E-state index >= 15 is 0 Å². The molecule has 0 saturated heterocycles. The Kier molecular flexibility index (Phi) is 3.50. The van der Waals surface area contributed by atoms with Crippen LogP contribution in [0.5, 0.6) is 5.75 Å². The molecule has 0 radical (unpaired) electrons. The lowest BCUT2D eigenvalue weighted by Crippen LogP contribution is -2.21. The van der Waals surface area contributed by atoms with Gasteiger partial charge in [-0.2, -0.15) is 5.26 Å². The van der Waals surface area contributed by atoms with Crippen LogP contribution in [0.3, 0.4) is 0 Å². The average Bonchev–Trinajstić information content (AvgIpc) is 3.19. The Morgan fingerprint density at radius 3 is 2.94 bits per heavy atom. The van der Waals surface area contributed by atoms with Crippen LogP contribution in [-0.2, 0) is 0 Å². The first-order valence-electron chi connectivity index (χ1n) is 5.74. The lowest BCUT2D eigenvalue weighted by Gasteiger charge is -2.13. The summed E-state index contributed by atoms with van der Waals surface area (Å²) >= 11 is 0. The van der Waals surface area contributed by atoms with Crippen molar-refractivity contribution in [2.24, 2.45) is 5.92 Å². The predicted octanol–water partition coefficient (Wildman–Crippen LogP) is 1.75. The molecule has 1 aliphatic carbocycles. The van der Waals surface area contributed by atoms with E-state index in [4.69, 9.17) is 10.00 Å². The molecule has 1 saturated carbocycles. The molecular weight excluding hydrogens is 216 g/mol. The van der Waals surface area contributed by atoms with E-state index in [1.807, 2.05) is 0 Å². The minimum Gasteiger partial charge on any atom is -0.497 e. The summed E-state index contributed by atoms with van der Waals surface area (Å²) in [5.74, 6) is 1.13. The molecule has 1 aliphatic rings. The van der Waals surface area contributed by atoms with Crippen LogP contribution in [-0.4, -0.2) is 24.9 Å². The molecule has 4 heteroatoms. The number of aliphatic hydroxyl groups is 1. The summed E-state index contributed by atoms with van der Waals surface area (Å²) in [5, 5.41) is 21.8. The van der Waals surface area contributed by atoms with Gasteiger partial charge in [0.05, 0.1) is 24.5 Å². The molecule has 1 aromatic carbocycles. The van der Waals surface area contributed by atoms with Gasteiger partial charge >= 0.3 is 0 Å². The van der Waals surface area contributed by atoms with E-state index in [0.717, 1.165) is 12.8 Å². The highest BCUT2D eigenvalue weighted by Gasteiger charge is 2.29. The molecule has 4 nitrogen and oxygen atoms in total. The molecule has 1 aromatic rings. The van der Waals surface area contributed by atoms with Crippen molar-refractivity contribution < 1.29 is 9.84 Å². The number of anilines is 1. The van der Waals surface area contributed by atoms with E-state index < -0.39 is 0 Å². The Morgan fingerprint density at radius 1 is 1.59 bits per heavy atom. The van der Waals surface area contributed by atoms with Crippen molar-refractivity contribution >= 4 is 5.69 Å². The molecule has 0 aliphatic heterocycles. The van der Waals surface area contributed by atoms with Gasteiger partial charge in [-0.15, -0.1) is 0 Å². The zero-order chi connectivity index (χ0) is 12.3. The molecule has 2 rings (SSSR count). The van der Waals surface area contributed by atoms with Gasteiger partial charge in [-0.1, -0.05) is 0 Å². The Morgan fingerprint density at radius 2 is 2.35 bits per heavy atom. The first-order valence-corrected chi connectivity index (χ1v) is 5.74. The predicted molar refractivity (Wildman–Crippen MR) is 64.9 cm³/mol. The molecule has 90 valence electrons. The monoisotopic (exact) mass is 232 g/mol. The Balaban J connectivity index is 2.04. The number of hydrogen-bond donors (Lipinski definition) is 2. The molecule has 1 unspecified atom stereocenters. The lowest BCUT2D eigenvalue weighted by molar-refractivity contribution is 0.164. The number of aliphatic hydroxyl groups excluding tert-OH is 1. The molecule has 0 heterocycles. The summed E-state index contributed by atoms with van der Waals surface area (Å²) in [7, 11) is 1.59. The van der Waals surface area contributed by atoms with Gasteiger partial charge in [0.25, 0.3) is 0 Å². The van der Waals surface area contributed by atoms with Crippen molar-refractivity contribution in [1.82, 2.24) is 0 Å². The molecule has 1 fully saturated rings. The van der Waals surface area contributed by atoms with Crippen LogP contribution in [0.1, 0.15) is 18.4 Å². The highest BCUT2D eigenvalue weighted by Crippen LogP contribution is 2.32. The minimum atomic E-state index is -0.326. The first-order chi connectivity index (χ1) is 8.24. The summed E-state index contributed by atoms with van der Waals surface area (Å²) < 4.78 is 5.11. The van der Waals surface area contributed by atoms with E-state index in [2.05, 4.69) is 11.4 Å². The SMILES string of the molecule is COc1ccc(C#N)c(NCC(O)C2CC2)c1. The molecule has 2 N–H and O–H groups in total. The average molecular weight is 232 g/mol. The quantitative estimate of drug-likeness (QED) is 0.811. The third-order valence-electron chi connectivity index (χ3n) is 3.01. The third-order valence-corrected chi connectivity index (χ3v) is 3.01. The van der Waals surface area contributed by atoms with Crippen LogP contribution in [0.15, 0.2) is 18.2 Å².